The SMILES string of the molecule is OC(CCCCC1CCCCC1)CCn1ccnc1. The molecule has 108 valence electrons. The van der Waals surface area contributed by atoms with Crippen LogP contribution in [0, 0.1) is 5.92 Å². The van der Waals surface area contributed by atoms with Gasteiger partial charge in [-0.05, 0) is 18.8 Å². The molecule has 1 aliphatic carbocycles. The minimum atomic E-state index is -0.145. The standard InChI is InChI=1S/C16H28N2O/c19-16(10-12-18-13-11-17-14-18)9-5-4-8-15-6-2-1-3-7-15/h11,13-16,19H,1-10,12H2. The molecule has 2 rings (SSSR count). The lowest BCUT2D eigenvalue weighted by Gasteiger charge is -2.21. The van der Waals surface area contributed by atoms with Crippen LogP contribution >= 0.6 is 0 Å². The van der Waals surface area contributed by atoms with Crippen molar-refractivity contribution in [2.45, 2.75) is 76.9 Å². The summed E-state index contributed by atoms with van der Waals surface area (Å²) in [5.74, 6) is 0.983. The van der Waals surface area contributed by atoms with Crippen molar-refractivity contribution in [3.8, 4) is 0 Å². The van der Waals surface area contributed by atoms with Crippen molar-refractivity contribution in [1.29, 1.82) is 0 Å². The molecule has 3 nitrogen and oxygen atoms in total. The van der Waals surface area contributed by atoms with Gasteiger partial charge in [0.1, 0.15) is 0 Å². The summed E-state index contributed by atoms with van der Waals surface area (Å²) < 4.78 is 2.03. The van der Waals surface area contributed by atoms with Gasteiger partial charge < -0.3 is 9.67 Å². The maximum absolute atomic E-state index is 9.95. The highest BCUT2D eigenvalue weighted by Gasteiger charge is 2.13. The number of nitrogens with zero attached hydrogens (tertiary/aromatic N) is 2. The molecule has 1 aromatic rings. The molecule has 1 saturated carbocycles. The molecule has 1 fully saturated rings. The van der Waals surface area contributed by atoms with Crippen LogP contribution in [0.2, 0.25) is 0 Å². The Balaban J connectivity index is 1.48. The lowest BCUT2D eigenvalue weighted by Crippen LogP contribution is -2.11. The molecule has 1 heterocycles. The van der Waals surface area contributed by atoms with Gasteiger partial charge in [-0.1, -0.05) is 51.4 Å². The van der Waals surface area contributed by atoms with Crippen LogP contribution in [0.3, 0.4) is 0 Å². The third-order valence-electron chi connectivity index (χ3n) is 4.40. The molecule has 0 saturated heterocycles. The lowest BCUT2D eigenvalue weighted by atomic mass is 9.85. The maximum Gasteiger partial charge on any atom is 0.0945 e. The molecule has 19 heavy (non-hydrogen) atoms. The smallest absolute Gasteiger partial charge is 0.0945 e. The highest BCUT2D eigenvalue weighted by atomic mass is 16.3. The largest absolute Gasteiger partial charge is 0.393 e. The van der Waals surface area contributed by atoms with Gasteiger partial charge in [-0.3, -0.25) is 0 Å². The number of unbranched alkanes of at least 4 members (excludes halogenated alkanes) is 1. The Morgan fingerprint density at radius 3 is 2.74 bits per heavy atom. The summed E-state index contributed by atoms with van der Waals surface area (Å²) in [6.07, 6.45) is 18.3. The van der Waals surface area contributed by atoms with Crippen molar-refractivity contribution in [1.82, 2.24) is 9.55 Å². The van der Waals surface area contributed by atoms with Crippen LogP contribution in [0.25, 0.3) is 0 Å². The first-order valence-corrected chi connectivity index (χ1v) is 7.98. The van der Waals surface area contributed by atoms with Crippen LogP contribution in [-0.2, 0) is 6.54 Å². The molecule has 0 aromatic carbocycles. The van der Waals surface area contributed by atoms with E-state index in [0.717, 1.165) is 25.3 Å². The molecule has 0 bridgehead atoms. The van der Waals surface area contributed by atoms with Crippen molar-refractivity contribution in [2.75, 3.05) is 0 Å². The van der Waals surface area contributed by atoms with Gasteiger partial charge in [-0.2, -0.15) is 0 Å². The van der Waals surface area contributed by atoms with Crippen molar-refractivity contribution >= 4 is 0 Å². The Kier molecular flexibility index (Phi) is 6.42. The number of aryl methyl sites for hydroxylation is 1. The normalized spacial score (nSPS) is 18.6. The molecule has 3 heteroatoms. The predicted molar refractivity (Wildman–Crippen MR) is 77.9 cm³/mol. The Labute approximate surface area is 117 Å². The summed E-state index contributed by atoms with van der Waals surface area (Å²) in [5, 5.41) is 9.95. The predicted octanol–water partition coefficient (Wildman–Crippen LogP) is 3.77. The van der Waals surface area contributed by atoms with Gasteiger partial charge >= 0.3 is 0 Å². The Morgan fingerprint density at radius 1 is 1.16 bits per heavy atom. The summed E-state index contributed by atoms with van der Waals surface area (Å²) in [5.41, 5.74) is 0. The van der Waals surface area contributed by atoms with E-state index in [4.69, 9.17) is 0 Å². The number of hydrogen-bond donors (Lipinski definition) is 1. The van der Waals surface area contributed by atoms with E-state index in [9.17, 15) is 5.11 Å². The fraction of sp³-hybridized carbons (Fsp3) is 0.812. The van der Waals surface area contributed by atoms with Crippen molar-refractivity contribution in [3.05, 3.63) is 18.7 Å². The molecule has 1 aromatic heterocycles. The van der Waals surface area contributed by atoms with Crippen molar-refractivity contribution in [3.63, 3.8) is 0 Å². The zero-order chi connectivity index (χ0) is 13.3. The third kappa shape index (κ3) is 5.77. The van der Waals surface area contributed by atoms with Crippen molar-refractivity contribution in [2.24, 2.45) is 5.92 Å². The highest BCUT2D eigenvalue weighted by Crippen LogP contribution is 2.28. The zero-order valence-corrected chi connectivity index (χ0v) is 12.0. The van der Waals surface area contributed by atoms with Crippen LogP contribution in [0.4, 0.5) is 0 Å². The number of aromatic nitrogens is 2. The molecule has 1 atom stereocenters. The van der Waals surface area contributed by atoms with Gasteiger partial charge in [0.2, 0.25) is 0 Å². The lowest BCUT2D eigenvalue weighted by molar-refractivity contribution is 0.144. The van der Waals surface area contributed by atoms with Gasteiger partial charge in [0.15, 0.2) is 0 Å². The second-order valence-electron chi connectivity index (χ2n) is 6.03. The number of rotatable bonds is 8. The van der Waals surface area contributed by atoms with Crippen LogP contribution in [-0.4, -0.2) is 20.8 Å². The molecular formula is C16H28N2O. The number of imidazole rings is 1. The first kappa shape index (κ1) is 14.6. The zero-order valence-electron chi connectivity index (χ0n) is 12.0. The highest BCUT2D eigenvalue weighted by molar-refractivity contribution is 4.74. The summed E-state index contributed by atoms with van der Waals surface area (Å²) in [6.45, 7) is 0.879. The maximum atomic E-state index is 9.95. The molecule has 1 unspecified atom stereocenters. The van der Waals surface area contributed by atoms with Gasteiger partial charge in [0.05, 0.1) is 12.4 Å². The van der Waals surface area contributed by atoms with E-state index in [0.29, 0.717) is 0 Å². The molecule has 0 aliphatic heterocycles. The topological polar surface area (TPSA) is 38.0 Å². The Bertz CT molecular complexity index is 317. The summed E-state index contributed by atoms with van der Waals surface area (Å²) in [4.78, 5) is 4.01. The van der Waals surface area contributed by atoms with E-state index < -0.39 is 0 Å². The summed E-state index contributed by atoms with van der Waals surface area (Å²) in [7, 11) is 0. The van der Waals surface area contributed by atoms with E-state index in [1.54, 1.807) is 6.20 Å². The van der Waals surface area contributed by atoms with Crippen molar-refractivity contribution < 1.29 is 5.11 Å². The van der Waals surface area contributed by atoms with Crippen LogP contribution in [0.1, 0.15) is 64.2 Å². The minimum absolute atomic E-state index is 0.145. The van der Waals surface area contributed by atoms with E-state index in [1.165, 1.54) is 51.4 Å². The number of aliphatic hydroxyl groups excluding tert-OH is 1. The molecule has 1 aliphatic rings. The first-order chi connectivity index (χ1) is 9.34. The molecule has 1 N–H and O–H groups in total. The molecule has 0 radical (unpaired) electrons. The van der Waals surface area contributed by atoms with E-state index in [-0.39, 0.29) is 6.10 Å². The summed E-state index contributed by atoms with van der Waals surface area (Å²) in [6, 6.07) is 0. The second-order valence-corrected chi connectivity index (χ2v) is 6.03. The van der Waals surface area contributed by atoms with Crippen LogP contribution in [0.5, 0.6) is 0 Å². The van der Waals surface area contributed by atoms with E-state index >= 15 is 0 Å². The van der Waals surface area contributed by atoms with Gasteiger partial charge in [-0.15, -0.1) is 0 Å². The van der Waals surface area contributed by atoms with Gasteiger partial charge in [0.25, 0.3) is 0 Å². The van der Waals surface area contributed by atoms with E-state index in [2.05, 4.69) is 4.98 Å². The average molecular weight is 264 g/mol. The minimum Gasteiger partial charge on any atom is -0.393 e. The fourth-order valence-corrected chi connectivity index (χ4v) is 3.15. The van der Waals surface area contributed by atoms with Gasteiger partial charge in [-0.25, -0.2) is 4.98 Å². The molecule has 0 spiro atoms. The van der Waals surface area contributed by atoms with Crippen LogP contribution in [0.15, 0.2) is 18.7 Å². The number of hydrogen-bond acceptors (Lipinski definition) is 2. The van der Waals surface area contributed by atoms with E-state index in [1.807, 2.05) is 17.1 Å². The molecule has 0 amide bonds. The van der Waals surface area contributed by atoms with Gasteiger partial charge in [0, 0.05) is 18.9 Å². The van der Waals surface area contributed by atoms with Crippen LogP contribution < -0.4 is 0 Å². The fourth-order valence-electron chi connectivity index (χ4n) is 3.15. The first-order valence-electron chi connectivity index (χ1n) is 7.98. The third-order valence-corrected chi connectivity index (χ3v) is 4.40. The monoisotopic (exact) mass is 264 g/mol. The number of aliphatic hydroxyl groups is 1. The Hall–Kier alpha value is -0.830. The molecular weight excluding hydrogens is 236 g/mol. The second kappa shape index (κ2) is 8.36. The summed E-state index contributed by atoms with van der Waals surface area (Å²) >= 11 is 0. The average Bonchev–Trinajstić information content (AvgIpc) is 2.96. The Morgan fingerprint density at radius 2 is 2.00 bits per heavy atom. The quantitative estimate of drug-likeness (QED) is 0.726.